The van der Waals surface area contributed by atoms with Crippen molar-refractivity contribution in [2.45, 2.75) is 50.2 Å². The maximum atomic E-state index is 12.3. The van der Waals surface area contributed by atoms with E-state index in [1.807, 2.05) is 6.92 Å². The van der Waals surface area contributed by atoms with Gasteiger partial charge in [-0.15, -0.1) is 0 Å². The standard InChI is InChI=1S/C14H25N3O3S/c1-3-6-15-9-12-8-13(10-16-12)21(18,19)17-11-14(2)5-4-7-20-14/h8,10,15-17H,3-7,9,11H2,1-2H3. The van der Waals surface area contributed by atoms with Crippen LogP contribution in [-0.2, 0) is 21.3 Å². The third-order valence-electron chi connectivity index (χ3n) is 3.71. The molecule has 1 aromatic heterocycles. The maximum Gasteiger partial charge on any atom is 0.242 e. The van der Waals surface area contributed by atoms with Crippen molar-refractivity contribution in [3.63, 3.8) is 0 Å². The zero-order valence-corrected chi connectivity index (χ0v) is 13.6. The average molecular weight is 315 g/mol. The van der Waals surface area contributed by atoms with E-state index in [0.717, 1.165) is 31.5 Å². The third kappa shape index (κ3) is 4.54. The van der Waals surface area contributed by atoms with Gasteiger partial charge < -0.3 is 15.0 Å². The van der Waals surface area contributed by atoms with E-state index in [9.17, 15) is 8.42 Å². The molecule has 0 aliphatic carbocycles. The molecule has 120 valence electrons. The van der Waals surface area contributed by atoms with Crippen LogP contribution in [0.3, 0.4) is 0 Å². The lowest BCUT2D eigenvalue weighted by Gasteiger charge is -2.23. The second kappa shape index (κ2) is 6.91. The predicted octanol–water partition coefficient (Wildman–Crippen LogP) is 1.36. The van der Waals surface area contributed by atoms with E-state index < -0.39 is 10.0 Å². The van der Waals surface area contributed by atoms with Crippen LogP contribution < -0.4 is 10.0 Å². The van der Waals surface area contributed by atoms with Crippen molar-refractivity contribution in [3.05, 3.63) is 18.0 Å². The van der Waals surface area contributed by atoms with Crippen LogP contribution >= 0.6 is 0 Å². The van der Waals surface area contributed by atoms with E-state index in [0.29, 0.717) is 19.7 Å². The van der Waals surface area contributed by atoms with Crippen LogP contribution in [0.25, 0.3) is 0 Å². The second-order valence-corrected chi connectivity index (χ2v) is 7.53. The Morgan fingerprint density at radius 2 is 2.29 bits per heavy atom. The Morgan fingerprint density at radius 3 is 2.95 bits per heavy atom. The Hall–Kier alpha value is -0.890. The van der Waals surface area contributed by atoms with Gasteiger partial charge in [-0.1, -0.05) is 6.92 Å². The Labute approximate surface area is 126 Å². The SMILES string of the molecule is CCCNCc1cc(S(=O)(=O)NCC2(C)CCCO2)c[nH]1. The minimum atomic E-state index is -3.48. The maximum absolute atomic E-state index is 12.3. The second-order valence-electron chi connectivity index (χ2n) is 5.76. The Bertz CT molecular complexity index is 548. The van der Waals surface area contributed by atoms with Gasteiger partial charge in [-0.05, 0) is 38.8 Å². The fraction of sp³-hybridized carbons (Fsp3) is 0.714. The lowest BCUT2D eigenvalue weighted by atomic mass is 10.0. The van der Waals surface area contributed by atoms with Crippen LogP contribution in [-0.4, -0.2) is 38.7 Å². The number of hydrogen-bond donors (Lipinski definition) is 3. The van der Waals surface area contributed by atoms with Crippen LogP contribution in [0.4, 0.5) is 0 Å². The van der Waals surface area contributed by atoms with Crippen molar-refractivity contribution < 1.29 is 13.2 Å². The molecule has 21 heavy (non-hydrogen) atoms. The monoisotopic (exact) mass is 315 g/mol. The predicted molar refractivity (Wildman–Crippen MR) is 81.6 cm³/mol. The third-order valence-corrected chi connectivity index (χ3v) is 5.09. The molecular weight excluding hydrogens is 290 g/mol. The first-order chi connectivity index (χ1) is 9.95. The Kier molecular flexibility index (Phi) is 5.43. The number of hydrogen-bond acceptors (Lipinski definition) is 4. The van der Waals surface area contributed by atoms with Crippen LogP contribution in [0.1, 0.15) is 38.8 Å². The first-order valence-corrected chi connectivity index (χ1v) is 8.95. The number of aromatic amines is 1. The summed E-state index contributed by atoms with van der Waals surface area (Å²) < 4.78 is 32.8. The summed E-state index contributed by atoms with van der Waals surface area (Å²) in [5, 5.41) is 3.23. The van der Waals surface area contributed by atoms with Crippen molar-refractivity contribution in [2.24, 2.45) is 0 Å². The summed E-state index contributed by atoms with van der Waals surface area (Å²) in [7, 11) is -3.48. The van der Waals surface area contributed by atoms with Gasteiger partial charge in [-0.25, -0.2) is 13.1 Å². The fourth-order valence-corrected chi connectivity index (χ4v) is 3.56. The van der Waals surface area contributed by atoms with Gasteiger partial charge in [0.1, 0.15) is 0 Å². The van der Waals surface area contributed by atoms with Gasteiger partial charge >= 0.3 is 0 Å². The first kappa shape index (κ1) is 16.5. The fourth-order valence-electron chi connectivity index (χ4n) is 2.38. The Morgan fingerprint density at radius 1 is 1.48 bits per heavy atom. The quantitative estimate of drug-likeness (QED) is 0.633. The van der Waals surface area contributed by atoms with E-state index in [2.05, 4.69) is 21.9 Å². The van der Waals surface area contributed by atoms with Gasteiger partial charge in [0.05, 0.1) is 10.5 Å². The topological polar surface area (TPSA) is 83.2 Å². The molecule has 1 atom stereocenters. The van der Waals surface area contributed by atoms with Crippen molar-refractivity contribution in [1.29, 1.82) is 0 Å². The van der Waals surface area contributed by atoms with E-state index in [1.54, 1.807) is 6.07 Å². The van der Waals surface area contributed by atoms with E-state index >= 15 is 0 Å². The Balaban J connectivity index is 1.92. The molecule has 2 rings (SSSR count). The van der Waals surface area contributed by atoms with Crippen molar-refractivity contribution >= 4 is 10.0 Å². The average Bonchev–Trinajstić information content (AvgIpc) is 3.07. The van der Waals surface area contributed by atoms with Gasteiger partial charge in [0.2, 0.25) is 10.0 Å². The van der Waals surface area contributed by atoms with Gasteiger partial charge in [-0.2, -0.15) is 0 Å². The summed E-state index contributed by atoms with van der Waals surface area (Å²) in [6.07, 6.45) is 4.44. The van der Waals surface area contributed by atoms with Gasteiger partial charge in [-0.3, -0.25) is 0 Å². The first-order valence-electron chi connectivity index (χ1n) is 7.47. The molecule has 1 unspecified atom stereocenters. The number of ether oxygens (including phenoxy) is 1. The van der Waals surface area contributed by atoms with Gasteiger partial charge in [0, 0.05) is 31.6 Å². The molecule has 7 heteroatoms. The minimum absolute atomic E-state index is 0.275. The summed E-state index contributed by atoms with van der Waals surface area (Å²) >= 11 is 0. The van der Waals surface area contributed by atoms with Gasteiger partial charge in [0.15, 0.2) is 0 Å². The summed E-state index contributed by atoms with van der Waals surface area (Å²) in [4.78, 5) is 3.27. The smallest absolute Gasteiger partial charge is 0.242 e. The molecule has 1 aromatic rings. The lowest BCUT2D eigenvalue weighted by molar-refractivity contribution is 0.0250. The molecular formula is C14H25N3O3S. The molecule has 2 heterocycles. The highest BCUT2D eigenvalue weighted by Crippen LogP contribution is 2.24. The minimum Gasteiger partial charge on any atom is -0.374 e. The van der Waals surface area contributed by atoms with Crippen LogP contribution in [0, 0.1) is 0 Å². The molecule has 0 radical (unpaired) electrons. The van der Waals surface area contributed by atoms with E-state index in [-0.39, 0.29) is 10.5 Å². The van der Waals surface area contributed by atoms with Crippen molar-refractivity contribution in [3.8, 4) is 0 Å². The highest BCUT2D eigenvalue weighted by Gasteiger charge is 2.31. The summed E-state index contributed by atoms with van der Waals surface area (Å²) in [5.74, 6) is 0. The highest BCUT2D eigenvalue weighted by atomic mass is 32.2. The summed E-state index contributed by atoms with van der Waals surface area (Å²) in [6, 6.07) is 1.67. The molecule has 0 amide bonds. The molecule has 3 N–H and O–H groups in total. The zero-order chi connectivity index (χ0) is 15.3. The van der Waals surface area contributed by atoms with Crippen LogP contribution in [0.2, 0.25) is 0 Å². The molecule has 1 aliphatic rings. The number of rotatable bonds is 8. The molecule has 1 fully saturated rings. The molecule has 0 spiro atoms. The number of sulfonamides is 1. The molecule has 1 saturated heterocycles. The van der Waals surface area contributed by atoms with Gasteiger partial charge in [0.25, 0.3) is 0 Å². The normalized spacial score (nSPS) is 22.8. The van der Waals surface area contributed by atoms with Crippen molar-refractivity contribution in [2.75, 3.05) is 19.7 Å². The molecule has 6 nitrogen and oxygen atoms in total. The molecule has 0 saturated carbocycles. The largest absolute Gasteiger partial charge is 0.374 e. The van der Waals surface area contributed by atoms with Crippen LogP contribution in [0.15, 0.2) is 17.2 Å². The number of aromatic nitrogens is 1. The van der Waals surface area contributed by atoms with E-state index in [4.69, 9.17) is 4.74 Å². The highest BCUT2D eigenvalue weighted by molar-refractivity contribution is 7.89. The molecule has 1 aliphatic heterocycles. The molecule has 0 aromatic carbocycles. The van der Waals surface area contributed by atoms with Crippen LogP contribution in [0.5, 0.6) is 0 Å². The van der Waals surface area contributed by atoms with E-state index in [1.165, 1.54) is 6.20 Å². The number of nitrogens with one attached hydrogen (secondary N) is 3. The summed E-state index contributed by atoms with van der Waals surface area (Å²) in [5.41, 5.74) is 0.488. The lowest BCUT2D eigenvalue weighted by Crippen LogP contribution is -2.39. The summed E-state index contributed by atoms with van der Waals surface area (Å²) in [6.45, 7) is 6.60. The number of H-pyrrole nitrogens is 1. The molecule has 0 bridgehead atoms. The zero-order valence-electron chi connectivity index (χ0n) is 12.7. The van der Waals surface area contributed by atoms with Crippen molar-refractivity contribution in [1.82, 2.24) is 15.0 Å².